The Morgan fingerprint density at radius 1 is 1.18 bits per heavy atom. The Morgan fingerprint density at radius 3 is 2.64 bits per heavy atom. The quantitative estimate of drug-likeness (QED) is 0.803. The summed E-state index contributed by atoms with van der Waals surface area (Å²) in [5.41, 5.74) is 2.00. The van der Waals surface area contributed by atoms with E-state index >= 15 is 0 Å². The third-order valence-corrected chi connectivity index (χ3v) is 3.46. The number of carbonyl (C=O) groups is 1. The number of methoxy groups -OCH3 is 2. The van der Waals surface area contributed by atoms with Crippen molar-refractivity contribution in [3.63, 3.8) is 0 Å². The van der Waals surface area contributed by atoms with Gasteiger partial charge in [0, 0.05) is 23.3 Å². The molecular formula is C16H14N2O4. The summed E-state index contributed by atoms with van der Waals surface area (Å²) in [7, 11) is 3.13. The van der Waals surface area contributed by atoms with Gasteiger partial charge in [0.1, 0.15) is 5.65 Å². The molecule has 0 bridgehead atoms. The van der Waals surface area contributed by atoms with Gasteiger partial charge in [0.05, 0.1) is 14.2 Å². The van der Waals surface area contributed by atoms with E-state index in [4.69, 9.17) is 9.47 Å². The molecule has 1 N–H and O–H groups in total. The van der Waals surface area contributed by atoms with Crippen molar-refractivity contribution < 1.29 is 19.4 Å². The maximum atomic E-state index is 11.4. The molecule has 0 aliphatic heterocycles. The molecule has 0 aliphatic rings. The first-order valence-corrected chi connectivity index (χ1v) is 6.57. The van der Waals surface area contributed by atoms with Gasteiger partial charge in [-0.1, -0.05) is 6.07 Å². The molecule has 0 radical (unpaired) electrons. The molecule has 6 heteroatoms. The van der Waals surface area contributed by atoms with Crippen molar-refractivity contribution >= 4 is 17.1 Å². The summed E-state index contributed by atoms with van der Waals surface area (Å²) in [5, 5.41) is 10.1. The lowest BCUT2D eigenvalue weighted by atomic mass is 10.1. The van der Waals surface area contributed by atoms with E-state index in [9.17, 15) is 9.90 Å². The summed E-state index contributed by atoms with van der Waals surface area (Å²) in [6, 6.07) is 9.07. The smallest absolute Gasteiger partial charge is 0.417 e. The molecule has 0 spiro atoms. The molecule has 22 heavy (non-hydrogen) atoms. The second-order valence-corrected chi connectivity index (χ2v) is 4.64. The van der Waals surface area contributed by atoms with Crippen LogP contribution in [0.2, 0.25) is 0 Å². The molecule has 6 nitrogen and oxygen atoms in total. The molecule has 0 aliphatic carbocycles. The largest absolute Gasteiger partial charge is 0.493 e. The fourth-order valence-electron chi connectivity index (χ4n) is 2.44. The highest BCUT2D eigenvalue weighted by atomic mass is 16.5. The van der Waals surface area contributed by atoms with Crippen molar-refractivity contribution in [2.75, 3.05) is 14.2 Å². The summed E-state index contributed by atoms with van der Waals surface area (Å²) in [4.78, 5) is 15.5. The minimum atomic E-state index is -1.07. The topological polar surface area (TPSA) is 73.6 Å². The second kappa shape index (κ2) is 5.40. The monoisotopic (exact) mass is 298 g/mol. The molecule has 0 saturated heterocycles. The van der Waals surface area contributed by atoms with Gasteiger partial charge >= 0.3 is 6.09 Å². The van der Waals surface area contributed by atoms with Crippen LogP contribution in [0.15, 0.2) is 42.7 Å². The van der Waals surface area contributed by atoms with E-state index in [1.807, 2.05) is 18.2 Å². The van der Waals surface area contributed by atoms with Gasteiger partial charge in [-0.2, -0.15) is 0 Å². The zero-order valence-corrected chi connectivity index (χ0v) is 12.1. The van der Waals surface area contributed by atoms with Crippen LogP contribution in [0.1, 0.15) is 0 Å². The van der Waals surface area contributed by atoms with Crippen LogP contribution < -0.4 is 9.47 Å². The van der Waals surface area contributed by atoms with E-state index in [1.165, 1.54) is 0 Å². The van der Waals surface area contributed by atoms with Crippen LogP contribution in [-0.4, -0.2) is 35.0 Å². The Labute approximate surface area is 126 Å². The predicted molar refractivity (Wildman–Crippen MR) is 81.7 cm³/mol. The van der Waals surface area contributed by atoms with Crippen LogP contribution in [0, 0.1) is 0 Å². The van der Waals surface area contributed by atoms with Gasteiger partial charge in [-0.05, 0) is 29.8 Å². The number of aromatic nitrogens is 2. The highest BCUT2D eigenvalue weighted by Crippen LogP contribution is 2.35. The number of nitrogens with zero attached hydrogens (tertiary/aromatic N) is 2. The van der Waals surface area contributed by atoms with Crippen LogP contribution in [0.4, 0.5) is 4.79 Å². The number of pyridine rings is 1. The van der Waals surface area contributed by atoms with Gasteiger partial charge in [-0.15, -0.1) is 0 Å². The van der Waals surface area contributed by atoms with Crippen LogP contribution in [0.5, 0.6) is 11.5 Å². The molecule has 3 aromatic rings. The number of hydrogen-bond donors (Lipinski definition) is 1. The summed E-state index contributed by atoms with van der Waals surface area (Å²) >= 11 is 0. The first kappa shape index (κ1) is 13.9. The summed E-state index contributed by atoms with van der Waals surface area (Å²) in [5.74, 6) is 1.20. The Bertz CT molecular complexity index is 854. The molecule has 0 fully saturated rings. The lowest BCUT2D eigenvalue weighted by Gasteiger charge is -2.09. The number of rotatable bonds is 3. The van der Waals surface area contributed by atoms with Crippen LogP contribution in [-0.2, 0) is 0 Å². The van der Waals surface area contributed by atoms with Crippen LogP contribution in [0.3, 0.4) is 0 Å². The van der Waals surface area contributed by atoms with Gasteiger partial charge in [0.15, 0.2) is 11.5 Å². The van der Waals surface area contributed by atoms with E-state index in [1.54, 1.807) is 38.7 Å². The molecule has 3 rings (SSSR count). The van der Waals surface area contributed by atoms with Crippen molar-refractivity contribution in [1.82, 2.24) is 9.55 Å². The number of hydrogen-bond acceptors (Lipinski definition) is 4. The van der Waals surface area contributed by atoms with Gasteiger partial charge in [-0.25, -0.2) is 14.3 Å². The molecule has 112 valence electrons. The Kier molecular flexibility index (Phi) is 3.42. The van der Waals surface area contributed by atoms with Crippen LogP contribution >= 0.6 is 0 Å². The zero-order valence-electron chi connectivity index (χ0n) is 12.1. The van der Waals surface area contributed by atoms with E-state index in [2.05, 4.69) is 4.98 Å². The first-order valence-electron chi connectivity index (χ1n) is 6.57. The Morgan fingerprint density at radius 2 is 1.95 bits per heavy atom. The van der Waals surface area contributed by atoms with Crippen molar-refractivity contribution in [3.8, 4) is 22.6 Å². The lowest BCUT2D eigenvalue weighted by molar-refractivity contribution is 0.197. The SMILES string of the molecule is COc1ccc(-c2cn(C(=O)O)c3ncccc23)cc1OC. The molecule has 0 saturated carbocycles. The maximum Gasteiger partial charge on any atom is 0.417 e. The normalized spacial score (nSPS) is 10.6. The van der Waals surface area contributed by atoms with E-state index in [0.29, 0.717) is 17.1 Å². The van der Waals surface area contributed by atoms with Crippen molar-refractivity contribution in [3.05, 3.63) is 42.7 Å². The second-order valence-electron chi connectivity index (χ2n) is 4.64. The average Bonchev–Trinajstić information content (AvgIpc) is 2.94. The van der Waals surface area contributed by atoms with Gasteiger partial charge in [0.25, 0.3) is 0 Å². The third kappa shape index (κ3) is 2.14. The molecular weight excluding hydrogens is 284 g/mol. The number of ether oxygens (including phenoxy) is 2. The molecule has 2 heterocycles. The maximum absolute atomic E-state index is 11.4. The average molecular weight is 298 g/mol. The Balaban J connectivity index is 2.24. The summed E-state index contributed by atoms with van der Waals surface area (Å²) in [6.45, 7) is 0. The number of carboxylic acid groups (broad SMARTS) is 1. The summed E-state index contributed by atoms with van der Waals surface area (Å²) < 4.78 is 11.6. The fourth-order valence-corrected chi connectivity index (χ4v) is 2.44. The molecule has 2 aromatic heterocycles. The highest BCUT2D eigenvalue weighted by molar-refractivity contribution is 5.98. The fraction of sp³-hybridized carbons (Fsp3) is 0.125. The third-order valence-electron chi connectivity index (χ3n) is 3.46. The highest BCUT2D eigenvalue weighted by Gasteiger charge is 2.16. The molecule has 1 aromatic carbocycles. The predicted octanol–water partition coefficient (Wildman–Crippen LogP) is 3.25. The minimum Gasteiger partial charge on any atom is -0.493 e. The minimum absolute atomic E-state index is 0.403. The molecule has 0 amide bonds. The standard InChI is InChI=1S/C16H14N2O4/c1-21-13-6-5-10(8-14(13)22-2)12-9-18(16(19)20)15-11(12)4-3-7-17-15/h3-9H,1-2H3,(H,19,20). The lowest BCUT2D eigenvalue weighted by Crippen LogP contribution is -2.06. The molecule has 0 unspecified atom stereocenters. The zero-order chi connectivity index (χ0) is 15.7. The number of benzene rings is 1. The Hall–Kier alpha value is -3.02. The van der Waals surface area contributed by atoms with E-state index < -0.39 is 6.09 Å². The van der Waals surface area contributed by atoms with Crippen LogP contribution in [0.25, 0.3) is 22.2 Å². The van der Waals surface area contributed by atoms with Gasteiger partial charge in [-0.3, -0.25) is 0 Å². The van der Waals surface area contributed by atoms with E-state index in [0.717, 1.165) is 21.1 Å². The number of fused-ring (bicyclic) bond motifs is 1. The summed E-state index contributed by atoms with van der Waals surface area (Å²) in [6.07, 6.45) is 2.05. The van der Waals surface area contributed by atoms with Crippen molar-refractivity contribution in [1.29, 1.82) is 0 Å². The van der Waals surface area contributed by atoms with Gasteiger partial charge < -0.3 is 14.6 Å². The van der Waals surface area contributed by atoms with Crippen molar-refractivity contribution in [2.24, 2.45) is 0 Å². The first-order chi connectivity index (χ1) is 10.7. The van der Waals surface area contributed by atoms with E-state index in [-0.39, 0.29) is 0 Å². The van der Waals surface area contributed by atoms with Crippen molar-refractivity contribution in [2.45, 2.75) is 0 Å². The molecule has 0 atom stereocenters. The van der Waals surface area contributed by atoms with Gasteiger partial charge in [0.2, 0.25) is 0 Å².